The molecule has 1 aromatic carbocycles. The molecule has 0 heterocycles. The van der Waals surface area contributed by atoms with Crippen molar-refractivity contribution in [2.24, 2.45) is 0 Å². The second kappa shape index (κ2) is 9.40. The third-order valence-corrected chi connectivity index (χ3v) is 3.50. The molecule has 3 heteroatoms. The van der Waals surface area contributed by atoms with E-state index in [9.17, 15) is 0 Å². The maximum atomic E-state index is 5.21. The molecule has 0 saturated carbocycles. The van der Waals surface area contributed by atoms with Crippen molar-refractivity contribution in [3.8, 4) is 0 Å². The summed E-state index contributed by atoms with van der Waals surface area (Å²) >= 11 is 9.53. The fourth-order valence-corrected chi connectivity index (χ4v) is 2.41. The molecular formula is C15H23NS2. The fourth-order valence-electron chi connectivity index (χ4n) is 1.99. The number of hydrogen-bond donors (Lipinski definition) is 1. The predicted octanol–water partition coefficient (Wildman–Crippen LogP) is 5.07. The van der Waals surface area contributed by atoms with Gasteiger partial charge in [0.2, 0.25) is 0 Å². The molecule has 0 amide bonds. The zero-order valence-corrected chi connectivity index (χ0v) is 12.9. The van der Waals surface area contributed by atoms with Crippen molar-refractivity contribution in [1.29, 1.82) is 0 Å². The molecule has 0 aliphatic carbocycles. The van der Waals surface area contributed by atoms with Crippen molar-refractivity contribution >= 4 is 34.9 Å². The van der Waals surface area contributed by atoms with Crippen LogP contribution in [0.5, 0.6) is 0 Å². The summed E-state index contributed by atoms with van der Waals surface area (Å²) in [7, 11) is 0. The Kier molecular flexibility index (Phi) is 8.10. The Morgan fingerprint density at radius 1 is 1.06 bits per heavy atom. The van der Waals surface area contributed by atoms with Gasteiger partial charge in [-0.15, -0.1) is 12.6 Å². The minimum atomic E-state index is 0.662. The summed E-state index contributed by atoms with van der Waals surface area (Å²) in [5, 5.41) is 0. The fraction of sp³-hybridized carbons (Fsp3) is 0.533. The summed E-state index contributed by atoms with van der Waals surface area (Å²) in [5.74, 6) is 0. The molecule has 1 aromatic rings. The van der Waals surface area contributed by atoms with E-state index >= 15 is 0 Å². The zero-order chi connectivity index (χ0) is 13.2. The predicted molar refractivity (Wildman–Crippen MR) is 88.7 cm³/mol. The Hall–Kier alpha value is -0.540. The number of benzene rings is 1. The van der Waals surface area contributed by atoms with Gasteiger partial charge in [0.1, 0.15) is 4.32 Å². The van der Waals surface area contributed by atoms with Gasteiger partial charge in [-0.25, -0.2) is 0 Å². The first kappa shape index (κ1) is 15.5. The summed E-state index contributed by atoms with van der Waals surface area (Å²) in [6, 6.07) is 10.3. The molecule has 0 aliphatic heterocycles. The van der Waals surface area contributed by atoms with Crippen LogP contribution in [0, 0.1) is 0 Å². The van der Waals surface area contributed by atoms with Crippen LogP contribution in [0.3, 0.4) is 0 Å². The molecule has 0 atom stereocenters. The molecule has 0 bridgehead atoms. The lowest BCUT2D eigenvalue weighted by Gasteiger charge is -2.22. The summed E-state index contributed by atoms with van der Waals surface area (Å²) < 4.78 is 0.662. The second-order valence-corrected chi connectivity index (χ2v) is 5.65. The molecule has 0 saturated heterocycles. The van der Waals surface area contributed by atoms with Crippen molar-refractivity contribution in [3.05, 3.63) is 30.3 Å². The van der Waals surface area contributed by atoms with E-state index in [1.807, 2.05) is 18.2 Å². The van der Waals surface area contributed by atoms with Gasteiger partial charge in [-0.1, -0.05) is 69.4 Å². The van der Waals surface area contributed by atoms with E-state index in [1.54, 1.807) is 0 Å². The van der Waals surface area contributed by atoms with Gasteiger partial charge >= 0.3 is 0 Å². The largest absolute Gasteiger partial charge is 0.328 e. The topological polar surface area (TPSA) is 3.24 Å². The lowest BCUT2D eigenvalue weighted by molar-refractivity contribution is 0.611. The van der Waals surface area contributed by atoms with E-state index in [2.05, 4.69) is 36.6 Å². The second-order valence-electron chi connectivity index (χ2n) is 4.54. The van der Waals surface area contributed by atoms with Gasteiger partial charge < -0.3 is 4.90 Å². The van der Waals surface area contributed by atoms with Gasteiger partial charge in [-0.3, -0.25) is 0 Å². The molecular weight excluding hydrogens is 258 g/mol. The average molecular weight is 281 g/mol. The molecule has 100 valence electrons. The van der Waals surface area contributed by atoms with Crippen LogP contribution in [0.1, 0.15) is 45.4 Å². The highest BCUT2D eigenvalue weighted by Crippen LogP contribution is 2.17. The smallest absolute Gasteiger partial charge is 0.137 e. The van der Waals surface area contributed by atoms with Gasteiger partial charge in [0, 0.05) is 12.2 Å². The highest BCUT2D eigenvalue weighted by molar-refractivity contribution is 8.11. The normalized spacial score (nSPS) is 10.3. The first-order chi connectivity index (χ1) is 8.75. The number of anilines is 1. The SMILES string of the molecule is CCCCCCCCN(C(=S)S)c1ccccc1. The standard InChI is InChI=1S/C15H23NS2/c1-2-3-4-5-6-10-13-16(15(17)18)14-11-8-7-9-12-14/h7-9,11-12H,2-6,10,13H2,1H3,(H,17,18). The number of hydrogen-bond acceptors (Lipinski definition) is 1. The van der Waals surface area contributed by atoms with Gasteiger partial charge in [0.25, 0.3) is 0 Å². The minimum Gasteiger partial charge on any atom is -0.328 e. The third kappa shape index (κ3) is 5.87. The van der Waals surface area contributed by atoms with E-state index in [-0.39, 0.29) is 0 Å². The molecule has 1 nitrogen and oxygen atoms in total. The van der Waals surface area contributed by atoms with E-state index in [4.69, 9.17) is 12.2 Å². The van der Waals surface area contributed by atoms with Crippen LogP contribution >= 0.6 is 24.8 Å². The van der Waals surface area contributed by atoms with Crippen LogP contribution in [0.15, 0.2) is 30.3 Å². The van der Waals surface area contributed by atoms with E-state index in [1.165, 1.54) is 38.5 Å². The number of para-hydroxylation sites is 1. The van der Waals surface area contributed by atoms with Crippen molar-refractivity contribution < 1.29 is 0 Å². The van der Waals surface area contributed by atoms with Crippen molar-refractivity contribution in [3.63, 3.8) is 0 Å². The number of nitrogens with zero attached hydrogens (tertiary/aromatic N) is 1. The number of rotatable bonds is 8. The Bertz CT molecular complexity index is 338. The Morgan fingerprint density at radius 2 is 1.67 bits per heavy atom. The first-order valence-corrected chi connectivity index (χ1v) is 7.66. The molecule has 0 N–H and O–H groups in total. The monoisotopic (exact) mass is 281 g/mol. The van der Waals surface area contributed by atoms with Gasteiger partial charge in [-0.2, -0.15) is 0 Å². The quantitative estimate of drug-likeness (QED) is 0.403. The van der Waals surface area contributed by atoms with Gasteiger partial charge in [-0.05, 0) is 18.6 Å². The Labute approximate surface area is 122 Å². The molecule has 0 aliphatic rings. The maximum Gasteiger partial charge on any atom is 0.137 e. The van der Waals surface area contributed by atoms with Crippen LogP contribution in [0.4, 0.5) is 5.69 Å². The number of thiol groups is 1. The number of unbranched alkanes of at least 4 members (excludes halogenated alkanes) is 5. The summed E-state index contributed by atoms with van der Waals surface area (Å²) in [6.45, 7) is 3.22. The average Bonchev–Trinajstić information content (AvgIpc) is 2.38. The lowest BCUT2D eigenvalue weighted by Crippen LogP contribution is -2.26. The van der Waals surface area contributed by atoms with Crippen LogP contribution < -0.4 is 4.90 Å². The van der Waals surface area contributed by atoms with Crippen LogP contribution in [-0.2, 0) is 0 Å². The third-order valence-electron chi connectivity index (χ3n) is 3.03. The zero-order valence-electron chi connectivity index (χ0n) is 11.1. The molecule has 18 heavy (non-hydrogen) atoms. The van der Waals surface area contributed by atoms with Crippen molar-refractivity contribution in [1.82, 2.24) is 0 Å². The molecule has 0 fully saturated rings. The Morgan fingerprint density at radius 3 is 2.28 bits per heavy atom. The van der Waals surface area contributed by atoms with Crippen LogP contribution in [-0.4, -0.2) is 10.9 Å². The van der Waals surface area contributed by atoms with Crippen molar-refractivity contribution in [2.45, 2.75) is 45.4 Å². The highest BCUT2D eigenvalue weighted by Gasteiger charge is 2.07. The summed E-state index contributed by atoms with van der Waals surface area (Å²) in [4.78, 5) is 2.11. The lowest BCUT2D eigenvalue weighted by atomic mass is 10.1. The number of thiocarbonyl (C=S) groups is 1. The summed E-state index contributed by atoms with van der Waals surface area (Å²) in [5.41, 5.74) is 1.14. The molecule has 1 rings (SSSR count). The van der Waals surface area contributed by atoms with Crippen LogP contribution in [0.25, 0.3) is 0 Å². The molecule has 0 spiro atoms. The van der Waals surface area contributed by atoms with Crippen LogP contribution in [0.2, 0.25) is 0 Å². The summed E-state index contributed by atoms with van der Waals surface area (Å²) in [6.07, 6.45) is 7.80. The highest BCUT2D eigenvalue weighted by atomic mass is 32.1. The maximum absolute atomic E-state index is 5.21. The molecule has 0 radical (unpaired) electrons. The van der Waals surface area contributed by atoms with Gasteiger partial charge in [0.05, 0.1) is 0 Å². The molecule has 0 aromatic heterocycles. The van der Waals surface area contributed by atoms with E-state index in [0.717, 1.165) is 12.2 Å². The minimum absolute atomic E-state index is 0.662. The van der Waals surface area contributed by atoms with Crippen molar-refractivity contribution in [2.75, 3.05) is 11.4 Å². The Balaban J connectivity index is 2.34. The van der Waals surface area contributed by atoms with E-state index < -0.39 is 0 Å². The van der Waals surface area contributed by atoms with E-state index in [0.29, 0.717) is 4.32 Å². The first-order valence-electron chi connectivity index (χ1n) is 6.81. The molecule has 0 unspecified atom stereocenters. The van der Waals surface area contributed by atoms with Gasteiger partial charge in [0.15, 0.2) is 0 Å².